The highest BCUT2D eigenvalue weighted by atomic mass is 16.5. The van der Waals surface area contributed by atoms with Gasteiger partial charge in [-0.2, -0.15) is 4.98 Å². The number of benzene rings is 3. The van der Waals surface area contributed by atoms with Crippen LogP contribution in [0.2, 0.25) is 0 Å². The third-order valence-corrected chi connectivity index (χ3v) is 7.60. The molecule has 6 rings (SSSR count). The molecule has 1 heterocycles. The Labute approximate surface area is 222 Å². The molecule has 4 N–H and O–H groups in total. The van der Waals surface area contributed by atoms with Gasteiger partial charge in [-0.05, 0) is 78.5 Å². The summed E-state index contributed by atoms with van der Waals surface area (Å²) in [6, 6.07) is 17.9. The van der Waals surface area contributed by atoms with E-state index in [-0.39, 0.29) is 18.4 Å². The first-order chi connectivity index (χ1) is 18.4. The molecule has 2 aliphatic rings. The molecular weight excluding hydrogens is 478 g/mol. The normalized spacial score (nSPS) is 17.5. The summed E-state index contributed by atoms with van der Waals surface area (Å²) in [7, 11) is 0. The van der Waals surface area contributed by atoms with E-state index in [2.05, 4.69) is 42.2 Å². The average molecular weight is 512 g/mol. The Kier molecular flexibility index (Phi) is 7.51. The van der Waals surface area contributed by atoms with Crippen molar-refractivity contribution in [2.24, 2.45) is 0 Å². The van der Waals surface area contributed by atoms with Crippen molar-refractivity contribution in [3.8, 4) is 11.4 Å². The minimum Gasteiger partial charge on any atom is -0.390 e. The third kappa shape index (κ3) is 5.18. The van der Waals surface area contributed by atoms with Crippen LogP contribution in [0.15, 0.2) is 59.1 Å². The van der Waals surface area contributed by atoms with Crippen LogP contribution in [0.5, 0.6) is 0 Å². The number of rotatable bonds is 5. The smallest absolute Gasteiger partial charge is 0.231 e. The van der Waals surface area contributed by atoms with Crippen LogP contribution in [-0.4, -0.2) is 37.8 Å². The summed E-state index contributed by atoms with van der Waals surface area (Å²) >= 11 is 0. The number of aryl methyl sites for hydroxylation is 2. The third-order valence-electron chi connectivity index (χ3n) is 7.60. The Morgan fingerprint density at radius 1 is 0.921 bits per heavy atom. The summed E-state index contributed by atoms with van der Waals surface area (Å²) in [6.07, 6.45) is 3.01. The van der Waals surface area contributed by atoms with Crippen molar-refractivity contribution in [1.82, 2.24) is 10.1 Å². The second kappa shape index (κ2) is 11.0. The lowest BCUT2D eigenvalue weighted by Crippen LogP contribution is -2.08. The molecular formula is C31H33N3O4. The molecule has 0 bridgehead atoms. The van der Waals surface area contributed by atoms with E-state index in [1.165, 1.54) is 16.7 Å². The average Bonchev–Trinajstić information content (AvgIpc) is 3.65. The van der Waals surface area contributed by atoms with Crippen LogP contribution in [0, 0.1) is 19.3 Å². The van der Waals surface area contributed by atoms with Gasteiger partial charge in [0.05, 0.1) is 30.9 Å². The minimum absolute atomic E-state index is 0.232. The summed E-state index contributed by atoms with van der Waals surface area (Å²) in [5.41, 5.74) is 9.78. The standard InChI is InChI=1S/C20H20N2O2.C11H13NO2/c1-12-6-7-14(10-13(12)2)11-19-21-20(22-24-19)17-5-3-4-16-15(17)8-9-18(16)23;12-10(6-13)8-2-1-3-9-7(8)4-5-11(9)14/h3-7,10,18,23H,8-9,11H2,1-2H3;1-3,11-14H,4-6H2. The number of aromatic nitrogens is 2. The molecule has 0 saturated carbocycles. The molecule has 1 aromatic heterocycles. The summed E-state index contributed by atoms with van der Waals surface area (Å²) in [5.74, 6) is 1.23. The predicted octanol–water partition coefficient (Wildman–Crippen LogP) is 4.95. The second-order valence-electron chi connectivity index (χ2n) is 10.1. The number of hydrogen-bond donors (Lipinski definition) is 4. The number of hydrogen-bond acceptors (Lipinski definition) is 7. The maximum atomic E-state index is 10.0. The topological polar surface area (TPSA) is 123 Å². The fourth-order valence-corrected chi connectivity index (χ4v) is 5.37. The van der Waals surface area contributed by atoms with Gasteiger partial charge in [0, 0.05) is 11.1 Å². The van der Waals surface area contributed by atoms with E-state index < -0.39 is 6.10 Å². The van der Waals surface area contributed by atoms with Gasteiger partial charge in [0.25, 0.3) is 0 Å². The van der Waals surface area contributed by atoms with Gasteiger partial charge in [-0.25, -0.2) is 0 Å². The summed E-state index contributed by atoms with van der Waals surface area (Å²) in [4.78, 5) is 4.57. The van der Waals surface area contributed by atoms with Crippen LogP contribution in [0.4, 0.5) is 0 Å². The molecule has 0 aliphatic heterocycles. The number of fused-ring (bicyclic) bond motifs is 2. The highest BCUT2D eigenvalue weighted by Crippen LogP contribution is 2.37. The molecule has 0 amide bonds. The number of aliphatic hydroxyl groups excluding tert-OH is 3. The van der Waals surface area contributed by atoms with Crippen LogP contribution in [0.1, 0.15) is 75.4 Å². The fourth-order valence-electron chi connectivity index (χ4n) is 5.37. The molecule has 0 spiro atoms. The van der Waals surface area contributed by atoms with Crippen molar-refractivity contribution < 1.29 is 19.8 Å². The molecule has 0 saturated heterocycles. The number of aliphatic hydroxyl groups is 3. The summed E-state index contributed by atoms with van der Waals surface area (Å²) in [6.45, 7) is 3.97. The second-order valence-corrected chi connectivity index (χ2v) is 10.1. The van der Waals surface area contributed by atoms with Crippen LogP contribution in [-0.2, 0) is 19.3 Å². The molecule has 7 nitrogen and oxygen atoms in total. The zero-order valence-corrected chi connectivity index (χ0v) is 21.7. The molecule has 4 aromatic rings. The number of nitrogens with one attached hydrogen (secondary N) is 1. The Hall–Kier alpha value is -3.65. The molecule has 0 radical (unpaired) electrons. The van der Waals surface area contributed by atoms with Gasteiger partial charge in [0.2, 0.25) is 11.7 Å². The van der Waals surface area contributed by atoms with E-state index in [4.69, 9.17) is 15.0 Å². The zero-order valence-electron chi connectivity index (χ0n) is 21.7. The highest BCUT2D eigenvalue weighted by Gasteiger charge is 2.25. The molecule has 196 valence electrons. The van der Waals surface area contributed by atoms with Gasteiger partial charge in [-0.3, -0.25) is 0 Å². The van der Waals surface area contributed by atoms with Gasteiger partial charge in [-0.15, -0.1) is 0 Å². The molecule has 2 atom stereocenters. The van der Waals surface area contributed by atoms with Crippen LogP contribution < -0.4 is 0 Å². The van der Waals surface area contributed by atoms with E-state index in [9.17, 15) is 10.2 Å². The summed E-state index contributed by atoms with van der Waals surface area (Å²) in [5, 5.41) is 40.3. The van der Waals surface area contributed by atoms with Crippen LogP contribution in [0.25, 0.3) is 11.4 Å². The quantitative estimate of drug-likeness (QED) is 0.281. The first kappa shape index (κ1) is 26.0. The number of nitrogens with zero attached hydrogens (tertiary/aromatic N) is 2. The van der Waals surface area contributed by atoms with Gasteiger partial charge in [0.15, 0.2) is 0 Å². The van der Waals surface area contributed by atoms with E-state index >= 15 is 0 Å². The maximum Gasteiger partial charge on any atom is 0.231 e. The molecule has 7 heteroatoms. The van der Waals surface area contributed by atoms with Crippen molar-refractivity contribution in [2.75, 3.05) is 6.61 Å². The lowest BCUT2D eigenvalue weighted by molar-refractivity contribution is 0.179. The van der Waals surface area contributed by atoms with Crippen molar-refractivity contribution in [3.63, 3.8) is 0 Å². The lowest BCUT2D eigenvalue weighted by atomic mass is 9.99. The molecule has 3 aromatic carbocycles. The highest BCUT2D eigenvalue weighted by molar-refractivity contribution is 6.00. The molecule has 2 aliphatic carbocycles. The van der Waals surface area contributed by atoms with E-state index in [1.807, 2.05) is 36.4 Å². The van der Waals surface area contributed by atoms with Crippen LogP contribution >= 0.6 is 0 Å². The lowest BCUT2D eigenvalue weighted by Gasteiger charge is -2.08. The Bertz CT molecular complexity index is 1480. The van der Waals surface area contributed by atoms with Crippen molar-refractivity contribution >= 4 is 5.71 Å². The predicted molar refractivity (Wildman–Crippen MR) is 145 cm³/mol. The minimum atomic E-state index is -0.392. The van der Waals surface area contributed by atoms with E-state index in [0.29, 0.717) is 18.1 Å². The Morgan fingerprint density at radius 3 is 2.32 bits per heavy atom. The van der Waals surface area contributed by atoms with E-state index in [1.54, 1.807) is 0 Å². The first-order valence-corrected chi connectivity index (χ1v) is 13.0. The Morgan fingerprint density at radius 2 is 1.61 bits per heavy atom. The van der Waals surface area contributed by atoms with Crippen molar-refractivity contribution in [3.05, 3.63) is 105 Å². The van der Waals surface area contributed by atoms with Crippen molar-refractivity contribution in [2.45, 2.75) is 58.2 Å². The zero-order chi connectivity index (χ0) is 26.8. The molecule has 0 fully saturated rings. The first-order valence-electron chi connectivity index (χ1n) is 13.0. The Balaban J connectivity index is 0.000000179. The van der Waals surface area contributed by atoms with E-state index in [0.717, 1.165) is 59.1 Å². The van der Waals surface area contributed by atoms with Gasteiger partial charge < -0.3 is 25.3 Å². The van der Waals surface area contributed by atoms with Crippen molar-refractivity contribution in [1.29, 1.82) is 5.41 Å². The van der Waals surface area contributed by atoms with Gasteiger partial charge in [0.1, 0.15) is 0 Å². The molecule has 38 heavy (non-hydrogen) atoms. The largest absolute Gasteiger partial charge is 0.390 e. The molecule has 2 unspecified atom stereocenters. The monoisotopic (exact) mass is 511 g/mol. The maximum absolute atomic E-state index is 10.0. The summed E-state index contributed by atoms with van der Waals surface area (Å²) < 4.78 is 5.46. The fraction of sp³-hybridized carbons (Fsp3) is 0.323. The van der Waals surface area contributed by atoms with Gasteiger partial charge in [-0.1, -0.05) is 59.8 Å². The van der Waals surface area contributed by atoms with Gasteiger partial charge >= 0.3 is 0 Å². The SMILES string of the molecule is Cc1ccc(Cc2nc(-c3cccc4c3CCC4O)no2)cc1C.N=C(CO)c1cccc2c1CCC2O. The van der Waals surface area contributed by atoms with Crippen LogP contribution in [0.3, 0.4) is 0 Å².